The van der Waals surface area contributed by atoms with E-state index in [0.29, 0.717) is 24.0 Å². The number of thiazole rings is 1. The van der Waals surface area contributed by atoms with E-state index >= 15 is 0 Å². The van der Waals surface area contributed by atoms with Crippen molar-refractivity contribution >= 4 is 33.3 Å². The van der Waals surface area contributed by atoms with Crippen molar-refractivity contribution in [3.8, 4) is 0 Å². The summed E-state index contributed by atoms with van der Waals surface area (Å²) in [6.07, 6.45) is 4.51. The smallest absolute Gasteiger partial charge is 0.322 e. The highest BCUT2D eigenvalue weighted by Crippen LogP contribution is 2.30. The lowest BCUT2D eigenvalue weighted by atomic mass is 10.0. The molecule has 1 aliphatic carbocycles. The van der Waals surface area contributed by atoms with Gasteiger partial charge in [0.2, 0.25) is 0 Å². The van der Waals surface area contributed by atoms with Gasteiger partial charge in [-0.25, -0.2) is 9.78 Å². The molecule has 3 rings (SSSR count). The molecule has 0 unspecified atom stereocenters. The van der Waals surface area contributed by atoms with Gasteiger partial charge in [0.15, 0.2) is 5.13 Å². The van der Waals surface area contributed by atoms with Crippen molar-refractivity contribution in [2.75, 3.05) is 24.2 Å². The maximum absolute atomic E-state index is 12.4. The van der Waals surface area contributed by atoms with Gasteiger partial charge in [-0.2, -0.15) is 0 Å². The number of aryl methyl sites for hydroxylation is 2. The molecule has 1 fully saturated rings. The number of amides is 2. The summed E-state index contributed by atoms with van der Waals surface area (Å²) in [6, 6.07) is -0.120. The Bertz CT molecular complexity index is 559. The molecule has 0 saturated carbocycles. The maximum Gasteiger partial charge on any atom is 0.323 e. The number of hydrogen-bond donors (Lipinski definition) is 1. The normalized spacial score (nSPS) is 24.5. The molecular weight excluding hydrogens is 306 g/mol. The molecule has 1 aromatic heterocycles. The molecule has 0 bridgehead atoms. The van der Waals surface area contributed by atoms with Crippen LogP contribution in [0.3, 0.4) is 0 Å². The summed E-state index contributed by atoms with van der Waals surface area (Å²) in [6.45, 7) is 4.97. The fourth-order valence-corrected chi connectivity index (χ4v) is 5.11. The Balaban J connectivity index is 1.66. The van der Waals surface area contributed by atoms with Crippen molar-refractivity contribution in [2.24, 2.45) is 0 Å². The summed E-state index contributed by atoms with van der Waals surface area (Å²) >= 11 is 1.60. The van der Waals surface area contributed by atoms with Gasteiger partial charge in [-0.3, -0.25) is 9.53 Å². The van der Waals surface area contributed by atoms with Crippen LogP contribution in [0, 0.1) is 0 Å². The second-order valence-electron chi connectivity index (χ2n) is 6.26. The van der Waals surface area contributed by atoms with Crippen molar-refractivity contribution in [1.29, 1.82) is 0 Å². The van der Waals surface area contributed by atoms with Gasteiger partial charge >= 0.3 is 6.03 Å². The minimum atomic E-state index is -0.863. The lowest BCUT2D eigenvalue weighted by molar-refractivity contribution is 0.207. The molecule has 1 N–H and O–H groups in total. The zero-order valence-electron chi connectivity index (χ0n) is 12.5. The van der Waals surface area contributed by atoms with Crippen LogP contribution in [0.1, 0.15) is 37.3 Å². The van der Waals surface area contributed by atoms with E-state index in [0.717, 1.165) is 18.5 Å². The first-order chi connectivity index (χ1) is 9.95. The van der Waals surface area contributed by atoms with Gasteiger partial charge in [0, 0.05) is 34.5 Å². The number of nitrogens with one attached hydrogen (secondary N) is 1. The van der Waals surface area contributed by atoms with Gasteiger partial charge in [0.05, 0.1) is 10.4 Å². The minimum Gasteiger partial charge on any atom is -0.322 e. The monoisotopic (exact) mass is 327 g/mol. The zero-order valence-corrected chi connectivity index (χ0v) is 14.1. The van der Waals surface area contributed by atoms with Crippen LogP contribution in [0.15, 0.2) is 0 Å². The third kappa shape index (κ3) is 3.13. The average Bonchev–Trinajstić information content (AvgIpc) is 2.83. The molecular formula is C14H21N3O2S2. The highest BCUT2D eigenvalue weighted by atomic mass is 32.2. The number of urea groups is 1. The van der Waals surface area contributed by atoms with Crippen molar-refractivity contribution < 1.29 is 9.00 Å². The van der Waals surface area contributed by atoms with Crippen LogP contribution in [-0.2, 0) is 23.6 Å². The summed E-state index contributed by atoms with van der Waals surface area (Å²) in [5.41, 5.74) is 1.15. The third-order valence-corrected chi connectivity index (χ3v) is 7.07. The first-order valence-corrected chi connectivity index (χ1v) is 9.52. The second kappa shape index (κ2) is 5.68. The summed E-state index contributed by atoms with van der Waals surface area (Å²) in [5.74, 6) is 0.550. The fraction of sp³-hybridized carbons (Fsp3) is 0.714. The van der Waals surface area contributed by atoms with Gasteiger partial charge in [-0.15, -0.1) is 11.3 Å². The Hall–Kier alpha value is -0.950. The molecule has 1 atom stereocenters. The van der Waals surface area contributed by atoms with Crippen LogP contribution in [0.2, 0.25) is 0 Å². The standard InChI is InChI=1S/C14H21N3O2S2/c1-14(2)9-17(7-8-21(14)19)13(18)16-12-15-10-5-3-4-6-11(10)20-12/h3-9H2,1-2H3,(H,15,16,18)/t21-/m1/s1. The Morgan fingerprint density at radius 2 is 2.14 bits per heavy atom. The van der Waals surface area contributed by atoms with E-state index in [1.807, 2.05) is 13.8 Å². The van der Waals surface area contributed by atoms with Gasteiger partial charge in [-0.05, 0) is 39.5 Å². The van der Waals surface area contributed by atoms with Crippen LogP contribution >= 0.6 is 11.3 Å². The van der Waals surface area contributed by atoms with E-state index in [4.69, 9.17) is 0 Å². The number of carbonyl (C=O) groups is 1. The number of nitrogens with zero attached hydrogens (tertiary/aromatic N) is 2. The van der Waals surface area contributed by atoms with E-state index in [1.54, 1.807) is 16.2 Å². The molecule has 0 aromatic carbocycles. The Labute approximate surface area is 131 Å². The molecule has 0 spiro atoms. The van der Waals surface area contributed by atoms with Gasteiger partial charge in [-0.1, -0.05) is 0 Å². The van der Waals surface area contributed by atoms with Crippen LogP contribution < -0.4 is 5.32 Å². The molecule has 7 heteroatoms. The molecule has 21 heavy (non-hydrogen) atoms. The second-order valence-corrected chi connectivity index (χ2v) is 9.55. The molecule has 116 valence electrons. The average molecular weight is 327 g/mol. The number of carbonyl (C=O) groups excluding carboxylic acids is 1. The highest BCUT2D eigenvalue weighted by molar-refractivity contribution is 7.86. The van der Waals surface area contributed by atoms with E-state index < -0.39 is 10.8 Å². The van der Waals surface area contributed by atoms with Crippen LogP contribution in [0.25, 0.3) is 0 Å². The molecule has 1 aromatic rings. The molecule has 2 aliphatic rings. The van der Waals surface area contributed by atoms with Gasteiger partial charge < -0.3 is 4.90 Å². The Morgan fingerprint density at radius 3 is 2.86 bits per heavy atom. The molecule has 1 saturated heterocycles. The lowest BCUT2D eigenvalue weighted by Crippen LogP contribution is -2.53. The topological polar surface area (TPSA) is 62.3 Å². The summed E-state index contributed by atoms with van der Waals surface area (Å²) in [5, 5.41) is 3.62. The quantitative estimate of drug-likeness (QED) is 0.861. The van der Waals surface area contributed by atoms with Crippen molar-refractivity contribution in [1.82, 2.24) is 9.88 Å². The van der Waals surface area contributed by atoms with Crippen molar-refractivity contribution in [3.63, 3.8) is 0 Å². The summed E-state index contributed by atoms with van der Waals surface area (Å²) < 4.78 is 11.6. The Kier molecular flexibility index (Phi) is 4.05. The van der Waals surface area contributed by atoms with E-state index in [1.165, 1.54) is 17.7 Å². The highest BCUT2D eigenvalue weighted by Gasteiger charge is 2.35. The number of aromatic nitrogens is 1. The van der Waals surface area contributed by atoms with Crippen LogP contribution in [0.5, 0.6) is 0 Å². The predicted molar refractivity (Wildman–Crippen MR) is 86.4 cm³/mol. The van der Waals surface area contributed by atoms with E-state index in [-0.39, 0.29) is 10.8 Å². The SMILES string of the molecule is CC1(C)CN(C(=O)Nc2nc3c(s2)CCCC3)CC[S@]1=O. The number of rotatable bonds is 1. The first-order valence-electron chi connectivity index (χ1n) is 7.39. The van der Waals surface area contributed by atoms with E-state index in [9.17, 15) is 9.00 Å². The lowest BCUT2D eigenvalue weighted by Gasteiger charge is -2.36. The maximum atomic E-state index is 12.4. The van der Waals surface area contributed by atoms with Crippen molar-refractivity contribution in [2.45, 2.75) is 44.3 Å². The van der Waals surface area contributed by atoms with Gasteiger partial charge in [0.1, 0.15) is 0 Å². The number of hydrogen-bond acceptors (Lipinski definition) is 4. The Morgan fingerprint density at radius 1 is 1.38 bits per heavy atom. The predicted octanol–water partition coefficient (Wildman–Crippen LogP) is 2.40. The molecule has 1 aliphatic heterocycles. The minimum absolute atomic E-state index is 0.120. The molecule has 5 nitrogen and oxygen atoms in total. The zero-order chi connectivity index (χ0) is 15.0. The van der Waals surface area contributed by atoms with Crippen molar-refractivity contribution in [3.05, 3.63) is 10.6 Å². The molecule has 2 amide bonds. The van der Waals surface area contributed by atoms with Crippen LogP contribution in [-0.4, -0.2) is 43.7 Å². The molecule has 2 heterocycles. The summed E-state index contributed by atoms with van der Waals surface area (Å²) in [4.78, 5) is 20.0. The fourth-order valence-electron chi connectivity index (χ4n) is 2.83. The van der Waals surface area contributed by atoms with E-state index in [2.05, 4.69) is 10.3 Å². The molecule has 0 radical (unpaired) electrons. The third-order valence-electron chi connectivity index (χ3n) is 4.08. The number of anilines is 1. The summed E-state index contributed by atoms with van der Waals surface area (Å²) in [7, 11) is -0.863. The van der Waals surface area contributed by atoms with Crippen LogP contribution in [0.4, 0.5) is 9.93 Å². The largest absolute Gasteiger partial charge is 0.323 e. The van der Waals surface area contributed by atoms with Gasteiger partial charge in [0.25, 0.3) is 0 Å². The first kappa shape index (κ1) is 15.0. The number of fused-ring (bicyclic) bond motifs is 1.